The van der Waals surface area contributed by atoms with Gasteiger partial charge in [-0.2, -0.15) is 0 Å². The lowest BCUT2D eigenvalue weighted by atomic mass is 9.69. The first-order valence-corrected chi connectivity index (χ1v) is 5.44. The Kier molecular flexibility index (Phi) is 1.85. The van der Waals surface area contributed by atoms with Crippen molar-refractivity contribution in [3.63, 3.8) is 0 Å². The molecule has 0 aliphatic heterocycles. The lowest BCUT2D eigenvalue weighted by Gasteiger charge is -2.39. The number of amides is 2. The highest BCUT2D eigenvalue weighted by Crippen LogP contribution is 2.65. The summed E-state index contributed by atoms with van der Waals surface area (Å²) in [5, 5.41) is 2.91. The Morgan fingerprint density at radius 2 is 2.07 bits per heavy atom. The summed E-state index contributed by atoms with van der Waals surface area (Å²) in [5.41, 5.74) is 5.79. The molecule has 3 N–H and O–H groups in total. The molecule has 2 bridgehead atoms. The minimum Gasteiger partial charge on any atom is -0.352 e. The van der Waals surface area contributed by atoms with Gasteiger partial charge in [0.25, 0.3) is 0 Å². The van der Waals surface area contributed by atoms with Crippen molar-refractivity contribution in [3.05, 3.63) is 0 Å². The van der Waals surface area contributed by atoms with Crippen LogP contribution in [0, 0.1) is 16.7 Å². The fraction of sp³-hybridized carbons (Fsp3) is 0.909. The van der Waals surface area contributed by atoms with E-state index in [1.807, 2.05) is 0 Å². The van der Waals surface area contributed by atoms with Crippen LogP contribution in [0.4, 0.5) is 4.79 Å². The average Bonchev–Trinajstić information content (AvgIpc) is 2.35. The molecule has 2 saturated carbocycles. The number of fused-ring (bicyclic) bond motifs is 2. The van der Waals surface area contributed by atoms with Gasteiger partial charge in [-0.15, -0.1) is 0 Å². The lowest BCUT2D eigenvalue weighted by molar-refractivity contribution is 0.124. The third-order valence-corrected chi connectivity index (χ3v) is 5.11. The molecule has 80 valence electrons. The normalized spacial score (nSPS) is 43.9. The van der Waals surface area contributed by atoms with Gasteiger partial charge in [-0.3, -0.25) is 0 Å². The zero-order valence-corrected chi connectivity index (χ0v) is 9.26. The standard InChI is InChI=1S/C11H20N2O/c1-10(2)7-4-5-11(10,3)8(6-7)13-9(12)14/h7-8H,4-6H2,1-3H3,(H3,12,13,14)/t7-,8-,11-/m1/s1. The monoisotopic (exact) mass is 196 g/mol. The Balaban J connectivity index is 2.23. The molecule has 0 aromatic carbocycles. The number of nitrogens with two attached hydrogens (primary N) is 1. The van der Waals surface area contributed by atoms with E-state index in [1.54, 1.807) is 0 Å². The van der Waals surface area contributed by atoms with Gasteiger partial charge in [-0.1, -0.05) is 20.8 Å². The van der Waals surface area contributed by atoms with E-state index in [0.717, 1.165) is 12.3 Å². The van der Waals surface area contributed by atoms with E-state index in [-0.39, 0.29) is 17.5 Å². The summed E-state index contributed by atoms with van der Waals surface area (Å²) in [6.07, 6.45) is 3.63. The van der Waals surface area contributed by atoms with Gasteiger partial charge in [-0.25, -0.2) is 4.79 Å². The zero-order chi connectivity index (χ0) is 10.6. The van der Waals surface area contributed by atoms with E-state index in [1.165, 1.54) is 12.8 Å². The summed E-state index contributed by atoms with van der Waals surface area (Å²) in [4.78, 5) is 10.9. The van der Waals surface area contributed by atoms with Crippen molar-refractivity contribution in [1.29, 1.82) is 0 Å². The third-order valence-electron chi connectivity index (χ3n) is 5.11. The number of nitrogens with one attached hydrogen (secondary N) is 1. The molecule has 0 spiro atoms. The lowest BCUT2D eigenvalue weighted by Crippen LogP contribution is -2.48. The number of hydrogen-bond donors (Lipinski definition) is 2. The fourth-order valence-corrected chi connectivity index (χ4v) is 3.59. The second-order valence-electron chi connectivity index (χ2n) is 5.67. The van der Waals surface area contributed by atoms with E-state index >= 15 is 0 Å². The average molecular weight is 196 g/mol. The Hall–Kier alpha value is -0.730. The van der Waals surface area contributed by atoms with Gasteiger partial charge < -0.3 is 11.1 Å². The van der Waals surface area contributed by atoms with Gasteiger partial charge >= 0.3 is 6.03 Å². The zero-order valence-electron chi connectivity index (χ0n) is 9.26. The van der Waals surface area contributed by atoms with Crippen molar-refractivity contribution >= 4 is 6.03 Å². The number of rotatable bonds is 1. The van der Waals surface area contributed by atoms with Crippen molar-refractivity contribution in [2.24, 2.45) is 22.5 Å². The number of urea groups is 1. The molecule has 2 aliphatic carbocycles. The number of carbonyl (C=O) groups is 1. The first-order chi connectivity index (χ1) is 6.38. The SMILES string of the molecule is CC1(C)[C@@H]2CC[C@]1(C)[C@H](NC(N)=O)C2. The second-order valence-corrected chi connectivity index (χ2v) is 5.67. The first kappa shape index (κ1) is 9.81. The molecule has 2 amide bonds. The number of primary amides is 1. The molecule has 3 heteroatoms. The van der Waals surface area contributed by atoms with Crippen molar-refractivity contribution < 1.29 is 4.79 Å². The summed E-state index contributed by atoms with van der Waals surface area (Å²) in [6, 6.07) is -0.0895. The highest BCUT2D eigenvalue weighted by Gasteiger charge is 2.61. The molecule has 2 rings (SSSR count). The van der Waals surface area contributed by atoms with Crippen LogP contribution in [-0.4, -0.2) is 12.1 Å². The Labute approximate surface area is 85.4 Å². The van der Waals surface area contributed by atoms with Crippen LogP contribution in [-0.2, 0) is 0 Å². The fourth-order valence-electron chi connectivity index (χ4n) is 3.59. The maximum atomic E-state index is 10.9. The number of carbonyl (C=O) groups excluding carboxylic acids is 1. The van der Waals surface area contributed by atoms with Gasteiger partial charge in [-0.05, 0) is 36.0 Å². The molecule has 0 radical (unpaired) electrons. The highest BCUT2D eigenvalue weighted by atomic mass is 16.2. The van der Waals surface area contributed by atoms with Gasteiger partial charge in [0.15, 0.2) is 0 Å². The first-order valence-electron chi connectivity index (χ1n) is 5.44. The molecular weight excluding hydrogens is 176 g/mol. The maximum Gasteiger partial charge on any atom is 0.312 e. The molecular formula is C11H20N2O. The van der Waals surface area contributed by atoms with Crippen LogP contribution < -0.4 is 11.1 Å². The van der Waals surface area contributed by atoms with Crippen LogP contribution in [0.3, 0.4) is 0 Å². The molecule has 0 aromatic rings. The van der Waals surface area contributed by atoms with Crippen molar-refractivity contribution in [1.82, 2.24) is 5.32 Å². The molecule has 0 saturated heterocycles. The Bertz CT molecular complexity index is 274. The molecule has 0 unspecified atom stereocenters. The van der Waals surface area contributed by atoms with E-state index in [9.17, 15) is 4.79 Å². The van der Waals surface area contributed by atoms with Gasteiger partial charge in [0.1, 0.15) is 0 Å². The quantitative estimate of drug-likeness (QED) is 0.661. The van der Waals surface area contributed by atoms with E-state index in [0.29, 0.717) is 5.41 Å². The topological polar surface area (TPSA) is 55.1 Å². The third kappa shape index (κ3) is 1.01. The largest absolute Gasteiger partial charge is 0.352 e. The summed E-state index contributed by atoms with van der Waals surface area (Å²) >= 11 is 0. The summed E-state index contributed by atoms with van der Waals surface area (Å²) in [5.74, 6) is 0.754. The van der Waals surface area contributed by atoms with Crippen LogP contribution in [0.25, 0.3) is 0 Å². The van der Waals surface area contributed by atoms with Crippen molar-refractivity contribution in [2.45, 2.75) is 46.1 Å². The van der Waals surface area contributed by atoms with Crippen molar-refractivity contribution in [3.8, 4) is 0 Å². The maximum absolute atomic E-state index is 10.9. The molecule has 14 heavy (non-hydrogen) atoms. The van der Waals surface area contributed by atoms with Crippen LogP contribution in [0.2, 0.25) is 0 Å². The molecule has 0 aromatic heterocycles. The van der Waals surface area contributed by atoms with E-state index < -0.39 is 0 Å². The van der Waals surface area contributed by atoms with Crippen LogP contribution in [0.15, 0.2) is 0 Å². The van der Waals surface area contributed by atoms with Gasteiger partial charge in [0.05, 0.1) is 0 Å². The minimum absolute atomic E-state index is 0.243. The smallest absolute Gasteiger partial charge is 0.312 e. The summed E-state index contributed by atoms with van der Waals surface area (Å²) < 4.78 is 0. The van der Waals surface area contributed by atoms with Crippen molar-refractivity contribution in [2.75, 3.05) is 0 Å². The predicted molar refractivity (Wildman–Crippen MR) is 55.7 cm³/mol. The predicted octanol–water partition coefficient (Wildman–Crippen LogP) is 1.87. The van der Waals surface area contributed by atoms with E-state index in [2.05, 4.69) is 26.1 Å². The van der Waals surface area contributed by atoms with E-state index in [4.69, 9.17) is 5.73 Å². The Morgan fingerprint density at radius 1 is 1.43 bits per heavy atom. The highest BCUT2D eigenvalue weighted by molar-refractivity contribution is 5.72. The second kappa shape index (κ2) is 2.65. The molecule has 2 aliphatic rings. The van der Waals surface area contributed by atoms with Gasteiger partial charge in [0, 0.05) is 6.04 Å². The van der Waals surface area contributed by atoms with Crippen LogP contribution >= 0.6 is 0 Å². The molecule has 0 heterocycles. The number of hydrogen-bond acceptors (Lipinski definition) is 1. The van der Waals surface area contributed by atoms with Crippen LogP contribution in [0.1, 0.15) is 40.0 Å². The molecule has 3 atom stereocenters. The Morgan fingerprint density at radius 3 is 2.43 bits per heavy atom. The van der Waals surface area contributed by atoms with Gasteiger partial charge in [0.2, 0.25) is 0 Å². The molecule has 3 nitrogen and oxygen atoms in total. The summed E-state index contributed by atoms with van der Waals surface area (Å²) in [6.45, 7) is 6.95. The molecule has 2 fully saturated rings. The minimum atomic E-state index is -0.375. The van der Waals surface area contributed by atoms with Crippen LogP contribution in [0.5, 0.6) is 0 Å². The summed E-state index contributed by atoms with van der Waals surface area (Å²) in [7, 11) is 0.